The standard InChI is InChI=1S/C21H17O4P/c1-2-20(22)19-15-9-10-16-21(19)26(23,24-17-11-5-3-6-12-17)25-18-13-7-4-8-14-18/h2-16H,1H2. The van der Waals surface area contributed by atoms with Crippen LogP contribution in [0.4, 0.5) is 0 Å². The van der Waals surface area contributed by atoms with Gasteiger partial charge in [0, 0.05) is 5.56 Å². The molecule has 0 amide bonds. The Hall–Kier alpha value is -3.10. The Morgan fingerprint density at radius 1 is 0.769 bits per heavy atom. The molecule has 0 unspecified atom stereocenters. The van der Waals surface area contributed by atoms with E-state index in [1.54, 1.807) is 72.8 Å². The maximum Gasteiger partial charge on any atom is 0.463 e. The van der Waals surface area contributed by atoms with Crippen LogP contribution in [0.1, 0.15) is 10.4 Å². The molecule has 0 bridgehead atoms. The molecule has 0 saturated heterocycles. The molecule has 0 N–H and O–H groups in total. The highest BCUT2D eigenvalue weighted by Gasteiger charge is 2.35. The monoisotopic (exact) mass is 364 g/mol. The van der Waals surface area contributed by atoms with E-state index in [9.17, 15) is 9.36 Å². The van der Waals surface area contributed by atoms with Crippen molar-refractivity contribution in [2.24, 2.45) is 0 Å². The molecule has 130 valence electrons. The van der Waals surface area contributed by atoms with Crippen LogP contribution in [0.3, 0.4) is 0 Å². The molecular formula is C21H17O4P. The molecule has 0 saturated carbocycles. The van der Waals surface area contributed by atoms with Crippen LogP contribution >= 0.6 is 7.60 Å². The van der Waals surface area contributed by atoms with E-state index in [1.165, 1.54) is 6.08 Å². The van der Waals surface area contributed by atoms with E-state index in [4.69, 9.17) is 9.05 Å². The van der Waals surface area contributed by atoms with Gasteiger partial charge >= 0.3 is 7.60 Å². The van der Waals surface area contributed by atoms with Crippen molar-refractivity contribution in [3.8, 4) is 11.5 Å². The fraction of sp³-hybridized carbons (Fsp3) is 0. The highest BCUT2D eigenvalue weighted by molar-refractivity contribution is 7.63. The third kappa shape index (κ3) is 3.93. The number of hydrogen-bond acceptors (Lipinski definition) is 4. The Balaban J connectivity index is 2.10. The van der Waals surface area contributed by atoms with Crippen molar-refractivity contribution >= 4 is 18.7 Å². The van der Waals surface area contributed by atoms with Gasteiger partial charge < -0.3 is 9.05 Å². The van der Waals surface area contributed by atoms with Gasteiger partial charge in [0.1, 0.15) is 11.5 Å². The Labute approximate surface area is 152 Å². The molecule has 0 radical (unpaired) electrons. The van der Waals surface area contributed by atoms with Crippen molar-refractivity contribution in [2.75, 3.05) is 0 Å². The predicted molar refractivity (Wildman–Crippen MR) is 102 cm³/mol. The van der Waals surface area contributed by atoms with Crippen molar-refractivity contribution in [3.63, 3.8) is 0 Å². The normalized spacial score (nSPS) is 10.8. The van der Waals surface area contributed by atoms with Crippen LogP contribution in [-0.2, 0) is 4.57 Å². The third-order valence-electron chi connectivity index (χ3n) is 3.59. The van der Waals surface area contributed by atoms with E-state index >= 15 is 0 Å². The summed E-state index contributed by atoms with van der Waals surface area (Å²) in [5.74, 6) is 0.411. The van der Waals surface area contributed by atoms with Crippen LogP contribution in [0.15, 0.2) is 97.6 Å². The first-order valence-corrected chi connectivity index (χ1v) is 9.52. The molecule has 5 heteroatoms. The van der Waals surface area contributed by atoms with Crippen LogP contribution in [0, 0.1) is 0 Å². The minimum Gasteiger partial charge on any atom is -0.413 e. The van der Waals surface area contributed by atoms with Gasteiger partial charge in [-0.1, -0.05) is 61.2 Å². The lowest BCUT2D eigenvalue weighted by molar-refractivity contribution is 0.104. The lowest BCUT2D eigenvalue weighted by Gasteiger charge is -2.21. The molecule has 0 atom stereocenters. The topological polar surface area (TPSA) is 52.6 Å². The van der Waals surface area contributed by atoms with Crippen LogP contribution in [0.25, 0.3) is 0 Å². The number of carbonyl (C=O) groups is 1. The van der Waals surface area contributed by atoms with E-state index in [0.717, 1.165) is 0 Å². The number of carbonyl (C=O) groups excluding carboxylic acids is 1. The summed E-state index contributed by atoms with van der Waals surface area (Å²) < 4.78 is 25.3. The number of rotatable bonds is 7. The average Bonchev–Trinajstić information content (AvgIpc) is 2.69. The highest BCUT2D eigenvalue weighted by atomic mass is 31.2. The molecule has 0 aliphatic rings. The zero-order valence-corrected chi connectivity index (χ0v) is 14.8. The van der Waals surface area contributed by atoms with E-state index in [-0.39, 0.29) is 16.7 Å². The second-order valence-electron chi connectivity index (χ2n) is 5.39. The summed E-state index contributed by atoms with van der Waals surface area (Å²) >= 11 is 0. The number of benzene rings is 3. The van der Waals surface area contributed by atoms with Crippen LogP contribution in [-0.4, -0.2) is 5.78 Å². The first kappa shape index (κ1) is 17.7. The minimum atomic E-state index is -3.89. The summed E-state index contributed by atoms with van der Waals surface area (Å²) in [4.78, 5) is 12.2. The molecule has 0 aromatic heterocycles. The quantitative estimate of drug-likeness (QED) is 0.335. The van der Waals surface area contributed by atoms with Gasteiger partial charge in [0.2, 0.25) is 0 Å². The summed E-state index contributed by atoms with van der Waals surface area (Å²) in [7, 11) is -3.89. The first-order valence-electron chi connectivity index (χ1n) is 7.98. The minimum absolute atomic E-state index is 0.192. The zero-order chi connectivity index (χ0) is 18.4. The van der Waals surface area contributed by atoms with Gasteiger partial charge in [0.05, 0.1) is 5.30 Å². The Morgan fingerprint density at radius 2 is 1.23 bits per heavy atom. The number of allylic oxidation sites excluding steroid dienone is 1. The maximum absolute atomic E-state index is 13.8. The molecule has 0 spiro atoms. The van der Waals surface area contributed by atoms with Gasteiger partial charge in [0.25, 0.3) is 0 Å². The number of ketones is 1. The second-order valence-corrected chi connectivity index (χ2v) is 7.23. The molecule has 0 heterocycles. The van der Waals surface area contributed by atoms with Gasteiger partial charge in [-0.25, -0.2) is 4.57 Å². The lowest BCUT2D eigenvalue weighted by atomic mass is 10.1. The van der Waals surface area contributed by atoms with Crippen molar-refractivity contribution < 1.29 is 18.4 Å². The van der Waals surface area contributed by atoms with Gasteiger partial charge in [-0.3, -0.25) is 4.79 Å². The van der Waals surface area contributed by atoms with Gasteiger partial charge in [-0.05, 0) is 36.4 Å². The molecule has 0 fully saturated rings. The van der Waals surface area contributed by atoms with E-state index in [1.807, 2.05) is 12.1 Å². The molecule has 0 aliphatic heterocycles. The van der Waals surface area contributed by atoms with Crippen molar-refractivity contribution in [1.82, 2.24) is 0 Å². The number of hydrogen-bond donors (Lipinski definition) is 0. The van der Waals surface area contributed by atoms with E-state index < -0.39 is 7.60 Å². The Kier molecular flexibility index (Phi) is 5.35. The molecule has 0 aliphatic carbocycles. The van der Waals surface area contributed by atoms with Crippen LogP contribution < -0.4 is 14.4 Å². The smallest absolute Gasteiger partial charge is 0.413 e. The van der Waals surface area contributed by atoms with E-state index in [2.05, 4.69) is 6.58 Å². The Morgan fingerprint density at radius 3 is 1.73 bits per heavy atom. The zero-order valence-electron chi connectivity index (χ0n) is 13.9. The summed E-state index contributed by atoms with van der Waals surface area (Å²) in [5, 5.41) is 0.192. The molecule has 3 rings (SSSR count). The van der Waals surface area contributed by atoms with Crippen molar-refractivity contribution in [2.45, 2.75) is 0 Å². The predicted octanol–water partition coefficient (Wildman–Crippen LogP) is 5.03. The van der Waals surface area contributed by atoms with Crippen LogP contribution in [0.5, 0.6) is 11.5 Å². The second kappa shape index (κ2) is 7.85. The van der Waals surface area contributed by atoms with E-state index in [0.29, 0.717) is 11.5 Å². The van der Waals surface area contributed by atoms with Crippen molar-refractivity contribution in [3.05, 3.63) is 103 Å². The largest absolute Gasteiger partial charge is 0.463 e. The van der Waals surface area contributed by atoms with Gasteiger partial charge in [0.15, 0.2) is 5.78 Å². The maximum atomic E-state index is 13.8. The fourth-order valence-corrected chi connectivity index (χ4v) is 4.17. The SMILES string of the molecule is C=CC(=O)c1ccccc1P(=O)(Oc1ccccc1)Oc1ccccc1. The summed E-state index contributed by atoms with van der Waals surface area (Å²) in [6, 6.07) is 24.0. The molecule has 3 aromatic carbocycles. The summed E-state index contributed by atoms with van der Waals surface area (Å²) in [6.07, 6.45) is 1.17. The molecule has 3 aromatic rings. The third-order valence-corrected chi connectivity index (χ3v) is 5.47. The lowest BCUT2D eigenvalue weighted by Crippen LogP contribution is -2.21. The van der Waals surface area contributed by atoms with Gasteiger partial charge in [-0.15, -0.1) is 0 Å². The fourth-order valence-electron chi connectivity index (χ4n) is 2.39. The van der Waals surface area contributed by atoms with Crippen molar-refractivity contribution in [1.29, 1.82) is 0 Å². The molecular weight excluding hydrogens is 347 g/mol. The Bertz CT molecular complexity index is 907. The molecule has 26 heavy (non-hydrogen) atoms. The first-order chi connectivity index (χ1) is 12.6. The molecule has 4 nitrogen and oxygen atoms in total. The summed E-state index contributed by atoms with van der Waals surface area (Å²) in [5.41, 5.74) is 0.234. The van der Waals surface area contributed by atoms with Crippen LogP contribution in [0.2, 0.25) is 0 Å². The average molecular weight is 364 g/mol. The highest BCUT2D eigenvalue weighted by Crippen LogP contribution is 2.48. The van der Waals surface area contributed by atoms with Gasteiger partial charge in [-0.2, -0.15) is 0 Å². The number of para-hydroxylation sites is 2. The summed E-state index contributed by atoms with van der Waals surface area (Å²) in [6.45, 7) is 3.51.